The van der Waals surface area contributed by atoms with E-state index in [9.17, 15) is 23.1 Å². The minimum Gasteiger partial charge on any atom is -0.505 e. The van der Waals surface area contributed by atoms with Gasteiger partial charge < -0.3 is 10.4 Å². The summed E-state index contributed by atoms with van der Waals surface area (Å²) in [6.07, 6.45) is 0. The molecule has 0 heterocycles. The quantitative estimate of drug-likeness (QED) is 0.134. The average Bonchev–Trinajstić information content (AvgIpc) is 2.88. The molecular weight excluding hydrogens is 491 g/mol. The summed E-state index contributed by atoms with van der Waals surface area (Å²) in [6, 6.07) is 23.8. The van der Waals surface area contributed by atoms with Crippen LogP contribution in [0.3, 0.4) is 0 Å². The van der Waals surface area contributed by atoms with Crippen molar-refractivity contribution in [1.82, 2.24) is 0 Å². The molecule has 175 valence electrons. The van der Waals surface area contributed by atoms with Gasteiger partial charge in [-0.3, -0.25) is 9.59 Å². The molecule has 10 heteroatoms. The topological polar surface area (TPSA) is 122 Å². The average molecular weight is 509 g/mol. The number of ketones is 2. The van der Waals surface area contributed by atoms with E-state index in [1.54, 1.807) is 54.6 Å². The number of phenolic OH excluding ortho intramolecular Hbond substituents is 1. The van der Waals surface area contributed by atoms with Crippen LogP contribution in [0, 0.1) is 0 Å². The summed E-state index contributed by atoms with van der Waals surface area (Å²) < 4.78 is 30.4. The number of benzene rings is 4. The van der Waals surface area contributed by atoms with Gasteiger partial charge in [-0.05, 0) is 30.3 Å². The van der Waals surface area contributed by atoms with Crippen molar-refractivity contribution in [2.75, 3.05) is 10.8 Å². The Morgan fingerprint density at radius 2 is 1.22 bits per heavy atom. The molecule has 5 rings (SSSR count). The van der Waals surface area contributed by atoms with Gasteiger partial charge in [-0.25, -0.2) is 5.48 Å². The van der Waals surface area contributed by atoms with Gasteiger partial charge in [-0.1, -0.05) is 60.7 Å². The predicted molar refractivity (Wildman–Crippen MR) is 135 cm³/mol. The van der Waals surface area contributed by atoms with Crippen LogP contribution in [0.25, 0.3) is 0 Å². The van der Waals surface area contributed by atoms with Gasteiger partial charge in [0.1, 0.15) is 0 Å². The van der Waals surface area contributed by atoms with E-state index in [-0.39, 0.29) is 68.1 Å². The van der Waals surface area contributed by atoms with Crippen LogP contribution >= 0.6 is 0 Å². The van der Waals surface area contributed by atoms with E-state index in [2.05, 4.69) is 10.8 Å². The first-order chi connectivity index (χ1) is 16.9. The third kappa shape index (κ3) is 4.67. The zero-order valence-corrected chi connectivity index (χ0v) is 21.9. The van der Waals surface area contributed by atoms with E-state index >= 15 is 0 Å². The number of carbonyl (C=O) groups excluding carboxylic acids is 2. The van der Waals surface area contributed by atoms with Gasteiger partial charge in [0.2, 0.25) is 0 Å². The smallest absolute Gasteiger partial charge is 0.317 e. The van der Waals surface area contributed by atoms with Crippen molar-refractivity contribution in [3.05, 3.63) is 113 Å². The Kier molecular flexibility index (Phi) is 7.30. The number of phenols is 1. The zero-order chi connectivity index (χ0) is 24.6. The van der Waals surface area contributed by atoms with Gasteiger partial charge in [0, 0.05) is 46.4 Å². The molecule has 0 atom stereocenters. The number of carbonyl (C=O) groups is 2. The normalized spacial score (nSPS) is 12.2. The number of anilines is 3. The summed E-state index contributed by atoms with van der Waals surface area (Å²) in [7, 11) is -4.25. The van der Waals surface area contributed by atoms with Gasteiger partial charge in [0.05, 0.1) is 27.4 Å². The molecule has 0 bridgehead atoms. The molecule has 0 spiro atoms. The van der Waals surface area contributed by atoms with E-state index in [0.29, 0.717) is 5.69 Å². The Labute approximate surface area is 229 Å². The van der Waals surface area contributed by atoms with Crippen molar-refractivity contribution in [3.63, 3.8) is 0 Å². The van der Waals surface area contributed by atoms with Gasteiger partial charge in [-0.2, -0.15) is 8.42 Å². The van der Waals surface area contributed by atoms with E-state index in [1.165, 1.54) is 30.3 Å². The van der Waals surface area contributed by atoms with Crippen molar-refractivity contribution >= 4 is 68.3 Å². The summed E-state index contributed by atoms with van der Waals surface area (Å²) in [6.45, 7) is 0. The van der Waals surface area contributed by atoms with Crippen LogP contribution in [0.4, 0.5) is 17.1 Å². The maximum atomic E-state index is 13.4. The van der Waals surface area contributed by atoms with Crippen molar-refractivity contribution in [2.45, 2.75) is 4.90 Å². The standard InChI is InChI=1S/C26H18N2O6S.Na/c29-24-18-13-7-8-14-19(18)25(30)23-22(24)20(28-34-35(32,33)17-11-5-2-6-12-17)15-21(26(23)31)27-16-9-3-1-4-10-16;/h1-15,27-28,31H;. The molecule has 0 unspecified atom stereocenters. The van der Waals surface area contributed by atoms with Gasteiger partial charge in [0.15, 0.2) is 17.3 Å². The Morgan fingerprint density at radius 3 is 1.83 bits per heavy atom. The monoisotopic (exact) mass is 509 g/mol. The van der Waals surface area contributed by atoms with Crippen molar-refractivity contribution < 1.29 is 27.4 Å². The number of aromatic hydroxyl groups is 1. The first kappa shape index (κ1) is 25.6. The predicted octanol–water partition coefficient (Wildman–Crippen LogP) is 4.26. The van der Waals surface area contributed by atoms with E-state index in [1.807, 2.05) is 6.07 Å². The Morgan fingerprint density at radius 1 is 0.694 bits per heavy atom. The third-order valence-corrected chi connectivity index (χ3v) is 6.67. The van der Waals surface area contributed by atoms with Crippen molar-refractivity contribution in [1.29, 1.82) is 0 Å². The molecule has 8 nitrogen and oxygen atoms in total. The van der Waals surface area contributed by atoms with Gasteiger partial charge in [-0.15, -0.1) is 4.28 Å². The summed E-state index contributed by atoms with van der Waals surface area (Å²) in [5.74, 6) is -1.56. The fraction of sp³-hybridized carbons (Fsp3) is 0. The SMILES string of the molecule is O=C1c2ccccc2C(=O)c2c(O)c(Nc3ccccc3)cc(NOS(=O)(=O)c3ccccc3)c21.[Na]. The maximum Gasteiger partial charge on any atom is 0.317 e. The minimum absolute atomic E-state index is 0. The number of nitrogens with one attached hydrogen (secondary N) is 2. The second kappa shape index (κ2) is 10.3. The van der Waals surface area contributed by atoms with Crippen LogP contribution in [0.15, 0.2) is 95.9 Å². The molecule has 4 aromatic carbocycles. The third-order valence-electron chi connectivity index (χ3n) is 5.52. The first-order valence-electron chi connectivity index (χ1n) is 10.5. The molecule has 0 amide bonds. The van der Waals surface area contributed by atoms with E-state index < -0.39 is 27.4 Å². The second-order valence-corrected chi connectivity index (χ2v) is 9.26. The molecule has 36 heavy (non-hydrogen) atoms. The Balaban J connectivity index is 0.00000304. The Bertz CT molecular complexity index is 1580. The molecular formula is C26H18N2NaO6S. The molecule has 1 aliphatic carbocycles. The second-order valence-electron chi connectivity index (χ2n) is 7.72. The van der Waals surface area contributed by atoms with Crippen LogP contribution in [-0.2, 0) is 14.4 Å². The largest absolute Gasteiger partial charge is 0.505 e. The fourth-order valence-corrected chi connectivity index (χ4v) is 4.65. The van der Waals surface area contributed by atoms with E-state index in [4.69, 9.17) is 4.28 Å². The number of para-hydroxylation sites is 1. The Hall–Kier alpha value is -3.47. The van der Waals surface area contributed by atoms with Crippen LogP contribution in [0.2, 0.25) is 0 Å². The van der Waals surface area contributed by atoms with Crippen molar-refractivity contribution in [2.24, 2.45) is 0 Å². The molecule has 0 saturated heterocycles. The minimum atomic E-state index is -4.25. The summed E-state index contributed by atoms with van der Waals surface area (Å²) in [5, 5.41) is 14.0. The molecule has 4 aromatic rings. The molecule has 1 aliphatic rings. The maximum absolute atomic E-state index is 13.4. The fourth-order valence-electron chi connectivity index (χ4n) is 3.87. The molecule has 0 fully saturated rings. The molecule has 0 aromatic heterocycles. The van der Waals surface area contributed by atoms with Crippen molar-refractivity contribution in [3.8, 4) is 5.75 Å². The van der Waals surface area contributed by atoms with E-state index in [0.717, 1.165) is 0 Å². The molecule has 0 saturated carbocycles. The first-order valence-corrected chi connectivity index (χ1v) is 11.9. The van der Waals surface area contributed by atoms with Crippen LogP contribution in [0.5, 0.6) is 5.75 Å². The molecule has 1 radical (unpaired) electrons. The van der Waals surface area contributed by atoms with Gasteiger partial charge in [0.25, 0.3) is 0 Å². The summed E-state index contributed by atoms with van der Waals surface area (Å²) >= 11 is 0. The zero-order valence-electron chi connectivity index (χ0n) is 19.1. The molecule has 3 N–H and O–H groups in total. The molecule has 0 aliphatic heterocycles. The number of hydrogen-bond donors (Lipinski definition) is 3. The van der Waals surface area contributed by atoms with Crippen LogP contribution in [-0.4, -0.2) is 54.6 Å². The summed E-state index contributed by atoms with van der Waals surface area (Å²) in [5.41, 5.74) is 2.76. The number of rotatable bonds is 6. The van der Waals surface area contributed by atoms with Crippen LogP contribution < -0.4 is 10.8 Å². The number of hydrogen-bond acceptors (Lipinski definition) is 8. The number of fused-ring (bicyclic) bond motifs is 2. The summed E-state index contributed by atoms with van der Waals surface area (Å²) in [4.78, 5) is 26.6. The van der Waals surface area contributed by atoms with Crippen LogP contribution in [0.1, 0.15) is 31.8 Å². The van der Waals surface area contributed by atoms with Gasteiger partial charge >= 0.3 is 10.1 Å².